The van der Waals surface area contributed by atoms with E-state index >= 15 is 0 Å². The Morgan fingerprint density at radius 3 is 2.41 bits per heavy atom. The molecule has 3 rings (SSSR count). The van der Waals surface area contributed by atoms with Crippen molar-refractivity contribution < 1.29 is 13.2 Å². The van der Waals surface area contributed by atoms with Crippen molar-refractivity contribution in [1.29, 1.82) is 0 Å². The van der Waals surface area contributed by atoms with Gasteiger partial charge in [-0.3, -0.25) is 4.79 Å². The molecule has 0 radical (unpaired) electrons. The van der Waals surface area contributed by atoms with Crippen molar-refractivity contribution in [2.45, 2.75) is 18.7 Å². The number of fused-ring (bicyclic) bond motifs is 1. The lowest BCUT2D eigenvalue weighted by atomic mass is 10.1. The molecule has 0 aliphatic heterocycles. The molecule has 5 nitrogen and oxygen atoms in total. The van der Waals surface area contributed by atoms with Crippen LogP contribution >= 0.6 is 0 Å². The highest BCUT2D eigenvalue weighted by Crippen LogP contribution is 2.22. The molecule has 0 bridgehead atoms. The summed E-state index contributed by atoms with van der Waals surface area (Å²) in [5.74, 6) is -0.379. The fraction of sp³-hybridized carbons (Fsp3) is 0.190. The number of anilines is 1. The first-order chi connectivity index (χ1) is 12.8. The number of likely N-dealkylation sites (N-methyl/N-ethyl adjacent to an activating group) is 1. The molecule has 0 heterocycles. The summed E-state index contributed by atoms with van der Waals surface area (Å²) in [6.07, 6.45) is 0. The summed E-state index contributed by atoms with van der Waals surface area (Å²) in [6, 6.07) is 18.1. The second-order valence-corrected chi connectivity index (χ2v) is 8.61. The van der Waals surface area contributed by atoms with Gasteiger partial charge in [0.2, 0.25) is 15.9 Å². The largest absolute Gasteiger partial charge is 0.325 e. The third kappa shape index (κ3) is 4.02. The Bertz CT molecular complexity index is 1110. The van der Waals surface area contributed by atoms with Crippen LogP contribution in [-0.2, 0) is 14.8 Å². The van der Waals surface area contributed by atoms with Crippen molar-refractivity contribution in [3.05, 3.63) is 71.8 Å². The fourth-order valence-electron chi connectivity index (χ4n) is 2.87. The topological polar surface area (TPSA) is 66.5 Å². The molecule has 1 amide bonds. The van der Waals surface area contributed by atoms with Gasteiger partial charge in [0.1, 0.15) is 0 Å². The second kappa shape index (κ2) is 7.50. The van der Waals surface area contributed by atoms with Gasteiger partial charge in [-0.05, 0) is 53.9 Å². The first kappa shape index (κ1) is 19.1. The number of amides is 1. The van der Waals surface area contributed by atoms with Gasteiger partial charge in [-0.1, -0.05) is 42.5 Å². The van der Waals surface area contributed by atoms with E-state index in [2.05, 4.69) is 5.32 Å². The van der Waals surface area contributed by atoms with Crippen molar-refractivity contribution in [3.63, 3.8) is 0 Å². The molecule has 3 aromatic carbocycles. The summed E-state index contributed by atoms with van der Waals surface area (Å²) in [4.78, 5) is 12.5. The van der Waals surface area contributed by atoms with Crippen molar-refractivity contribution in [2.24, 2.45) is 0 Å². The molecule has 0 fully saturated rings. The molecule has 0 atom stereocenters. The van der Waals surface area contributed by atoms with E-state index in [9.17, 15) is 13.2 Å². The summed E-state index contributed by atoms with van der Waals surface area (Å²) >= 11 is 0. The Morgan fingerprint density at radius 1 is 0.963 bits per heavy atom. The van der Waals surface area contributed by atoms with Gasteiger partial charge in [0.15, 0.2) is 0 Å². The third-order valence-corrected chi connectivity index (χ3v) is 6.47. The van der Waals surface area contributed by atoms with E-state index in [1.54, 1.807) is 24.3 Å². The van der Waals surface area contributed by atoms with Gasteiger partial charge < -0.3 is 5.32 Å². The van der Waals surface area contributed by atoms with Gasteiger partial charge in [0, 0.05) is 12.7 Å². The van der Waals surface area contributed by atoms with Crippen LogP contribution in [0.2, 0.25) is 0 Å². The summed E-state index contributed by atoms with van der Waals surface area (Å²) < 4.78 is 26.7. The highest BCUT2D eigenvalue weighted by Gasteiger charge is 2.23. The number of sulfonamides is 1. The Balaban J connectivity index is 1.78. The van der Waals surface area contributed by atoms with Gasteiger partial charge in [-0.15, -0.1) is 0 Å². The molecule has 1 N–H and O–H groups in total. The predicted molar refractivity (Wildman–Crippen MR) is 108 cm³/mol. The highest BCUT2D eigenvalue weighted by atomic mass is 32.2. The molecule has 0 unspecified atom stereocenters. The van der Waals surface area contributed by atoms with Gasteiger partial charge in [-0.2, -0.15) is 4.31 Å². The monoisotopic (exact) mass is 382 g/mol. The summed E-state index contributed by atoms with van der Waals surface area (Å²) in [5.41, 5.74) is 2.72. The minimum atomic E-state index is -3.76. The normalized spacial score (nSPS) is 11.7. The van der Waals surface area contributed by atoms with Crippen LogP contribution < -0.4 is 5.32 Å². The van der Waals surface area contributed by atoms with E-state index in [1.165, 1.54) is 7.05 Å². The van der Waals surface area contributed by atoms with Gasteiger partial charge in [0.25, 0.3) is 0 Å². The number of aryl methyl sites for hydroxylation is 1. The molecule has 0 saturated heterocycles. The molecule has 3 aromatic rings. The summed E-state index contributed by atoms with van der Waals surface area (Å²) in [7, 11) is -2.35. The molecule has 140 valence electrons. The van der Waals surface area contributed by atoms with E-state index < -0.39 is 10.0 Å². The zero-order chi connectivity index (χ0) is 19.6. The number of nitrogens with zero attached hydrogens (tertiary/aromatic N) is 1. The van der Waals surface area contributed by atoms with Crippen molar-refractivity contribution >= 4 is 32.4 Å². The highest BCUT2D eigenvalue weighted by molar-refractivity contribution is 7.89. The smallest absolute Gasteiger partial charge is 0.243 e. The Kier molecular flexibility index (Phi) is 5.30. The number of rotatable bonds is 5. The van der Waals surface area contributed by atoms with Crippen LogP contribution in [0.5, 0.6) is 0 Å². The lowest BCUT2D eigenvalue weighted by Crippen LogP contribution is -2.35. The van der Waals surface area contributed by atoms with E-state index in [-0.39, 0.29) is 17.3 Å². The van der Waals surface area contributed by atoms with E-state index in [0.717, 1.165) is 26.2 Å². The fourth-order valence-corrected chi connectivity index (χ4v) is 4.03. The predicted octanol–water partition coefficient (Wildman–Crippen LogP) is 3.72. The van der Waals surface area contributed by atoms with Gasteiger partial charge in [0.05, 0.1) is 11.4 Å². The standard InChI is InChI=1S/C21H22N2O3S/c1-15-7-6-10-20(16(15)2)22-21(24)14-23(3)27(25,26)19-12-11-17-8-4-5-9-18(17)13-19/h4-13H,14H2,1-3H3,(H,22,24). The minimum Gasteiger partial charge on any atom is -0.325 e. The SMILES string of the molecule is Cc1cccc(NC(=O)CN(C)S(=O)(=O)c2ccc3ccccc3c2)c1C. The Morgan fingerprint density at radius 2 is 1.67 bits per heavy atom. The van der Waals surface area contributed by atoms with Gasteiger partial charge in [-0.25, -0.2) is 8.42 Å². The molecule has 0 aliphatic rings. The molecule has 0 aromatic heterocycles. The first-order valence-electron chi connectivity index (χ1n) is 8.60. The zero-order valence-corrected chi connectivity index (χ0v) is 16.4. The summed E-state index contributed by atoms with van der Waals surface area (Å²) in [5, 5.41) is 4.59. The van der Waals surface area contributed by atoms with Crippen LogP contribution in [0.4, 0.5) is 5.69 Å². The maximum absolute atomic E-state index is 12.8. The van der Waals surface area contributed by atoms with Gasteiger partial charge >= 0.3 is 0 Å². The van der Waals surface area contributed by atoms with E-state index in [0.29, 0.717) is 5.69 Å². The molecular weight excluding hydrogens is 360 g/mol. The zero-order valence-electron chi connectivity index (χ0n) is 15.6. The van der Waals surface area contributed by atoms with Crippen LogP contribution in [0.1, 0.15) is 11.1 Å². The van der Waals surface area contributed by atoms with E-state index in [4.69, 9.17) is 0 Å². The van der Waals surface area contributed by atoms with Crippen LogP contribution in [-0.4, -0.2) is 32.2 Å². The van der Waals surface area contributed by atoms with Crippen molar-refractivity contribution in [2.75, 3.05) is 18.9 Å². The number of hydrogen-bond donors (Lipinski definition) is 1. The Hall–Kier alpha value is -2.70. The number of carbonyl (C=O) groups is 1. The molecular formula is C21H22N2O3S. The second-order valence-electron chi connectivity index (χ2n) is 6.57. The number of nitrogens with one attached hydrogen (secondary N) is 1. The third-order valence-electron chi connectivity index (χ3n) is 4.67. The number of hydrogen-bond acceptors (Lipinski definition) is 3. The van der Waals surface area contributed by atoms with Crippen LogP contribution in [0.3, 0.4) is 0 Å². The summed E-state index contributed by atoms with van der Waals surface area (Å²) in [6.45, 7) is 3.62. The van der Waals surface area contributed by atoms with Crippen LogP contribution in [0.25, 0.3) is 10.8 Å². The Labute approximate surface area is 159 Å². The molecule has 0 saturated carbocycles. The average molecular weight is 382 g/mol. The quantitative estimate of drug-likeness (QED) is 0.731. The maximum Gasteiger partial charge on any atom is 0.243 e. The molecule has 27 heavy (non-hydrogen) atoms. The minimum absolute atomic E-state index is 0.170. The van der Waals surface area contributed by atoms with Crippen molar-refractivity contribution in [3.8, 4) is 0 Å². The van der Waals surface area contributed by atoms with Crippen LogP contribution in [0, 0.1) is 13.8 Å². The first-order valence-corrected chi connectivity index (χ1v) is 10.0. The maximum atomic E-state index is 12.8. The molecule has 6 heteroatoms. The molecule has 0 spiro atoms. The number of carbonyl (C=O) groups excluding carboxylic acids is 1. The number of benzene rings is 3. The lowest BCUT2D eigenvalue weighted by molar-refractivity contribution is -0.116. The average Bonchev–Trinajstić information content (AvgIpc) is 2.65. The van der Waals surface area contributed by atoms with Crippen LogP contribution in [0.15, 0.2) is 65.6 Å². The van der Waals surface area contributed by atoms with E-state index in [1.807, 2.05) is 50.2 Å². The lowest BCUT2D eigenvalue weighted by Gasteiger charge is -2.18. The van der Waals surface area contributed by atoms with Crippen molar-refractivity contribution in [1.82, 2.24) is 4.31 Å². The molecule has 0 aliphatic carbocycles.